The summed E-state index contributed by atoms with van der Waals surface area (Å²) in [7, 11) is 1.86. The van der Waals surface area contributed by atoms with Gasteiger partial charge in [-0.2, -0.15) is 5.10 Å². The Morgan fingerprint density at radius 2 is 2.03 bits per heavy atom. The van der Waals surface area contributed by atoms with Gasteiger partial charge in [0.2, 0.25) is 5.69 Å². The maximum absolute atomic E-state index is 12.3. The first-order chi connectivity index (χ1) is 14.6. The summed E-state index contributed by atoms with van der Waals surface area (Å²) < 4.78 is 2.64. The molecule has 0 spiro atoms. The fourth-order valence-electron chi connectivity index (χ4n) is 3.89. The maximum Gasteiger partial charge on any atom is 0.215 e. The zero-order chi connectivity index (χ0) is 20.8. The monoisotopic (exact) mass is 412 g/mol. The molecule has 0 saturated carbocycles. The second-order valence-corrected chi connectivity index (χ2v) is 7.81. The number of benzene rings is 2. The van der Waals surface area contributed by atoms with Crippen molar-refractivity contribution in [3.8, 4) is 22.4 Å². The molecule has 2 aromatic carbocycles. The summed E-state index contributed by atoms with van der Waals surface area (Å²) in [5, 5.41) is 4.46. The van der Waals surface area contributed by atoms with Crippen LogP contribution in [0.15, 0.2) is 47.0 Å². The molecule has 7 nitrogen and oxygen atoms in total. The zero-order valence-corrected chi connectivity index (χ0v) is 16.9. The molecule has 1 aliphatic rings. The van der Waals surface area contributed by atoms with Crippen LogP contribution >= 0.6 is 11.3 Å². The molecule has 0 unspecified atom stereocenters. The van der Waals surface area contributed by atoms with E-state index in [0.29, 0.717) is 11.3 Å². The quantitative estimate of drug-likeness (QED) is 0.517. The summed E-state index contributed by atoms with van der Waals surface area (Å²) in [4.78, 5) is 24.7. The van der Waals surface area contributed by atoms with Crippen LogP contribution in [0.4, 0.5) is 5.69 Å². The first-order valence-corrected chi connectivity index (χ1v) is 10.2. The molecule has 8 heteroatoms. The van der Waals surface area contributed by atoms with Gasteiger partial charge in [-0.25, -0.2) is 9.83 Å². The minimum absolute atomic E-state index is 0.00824. The lowest BCUT2D eigenvalue weighted by Gasteiger charge is -2.17. The van der Waals surface area contributed by atoms with Crippen molar-refractivity contribution in [2.24, 2.45) is 17.8 Å². The van der Waals surface area contributed by atoms with E-state index in [1.165, 1.54) is 11.3 Å². The van der Waals surface area contributed by atoms with Crippen LogP contribution in [0.5, 0.6) is 0 Å². The van der Waals surface area contributed by atoms with Gasteiger partial charge < -0.3 is 5.73 Å². The van der Waals surface area contributed by atoms with Crippen LogP contribution in [0.2, 0.25) is 0 Å². The third-order valence-corrected chi connectivity index (χ3v) is 6.18. The van der Waals surface area contributed by atoms with Crippen molar-refractivity contribution in [3.05, 3.63) is 64.6 Å². The highest BCUT2D eigenvalue weighted by Crippen LogP contribution is 2.42. The number of aliphatic imine (C=N–C) groups is 1. The third-order valence-electron chi connectivity index (χ3n) is 5.33. The van der Waals surface area contributed by atoms with E-state index >= 15 is 0 Å². The first-order valence-electron chi connectivity index (χ1n) is 9.29. The van der Waals surface area contributed by atoms with E-state index < -0.39 is 0 Å². The Hall–Kier alpha value is -3.67. The van der Waals surface area contributed by atoms with E-state index in [9.17, 15) is 4.79 Å². The number of ketones is 1. The smallest absolute Gasteiger partial charge is 0.215 e. The first kappa shape index (κ1) is 18.4. The molecule has 0 saturated heterocycles. The topological polar surface area (TPSA) is 90.5 Å². The van der Waals surface area contributed by atoms with E-state index in [2.05, 4.69) is 19.9 Å². The Balaban J connectivity index is 1.73. The van der Waals surface area contributed by atoms with Crippen molar-refractivity contribution in [3.63, 3.8) is 0 Å². The fraction of sp³-hybridized carbons (Fsp3) is 0.136. The molecule has 30 heavy (non-hydrogen) atoms. The van der Waals surface area contributed by atoms with Crippen LogP contribution in [-0.2, 0) is 7.05 Å². The SMILES string of the molecule is [C-]#[N+]c1c(-c2c(-c3ccc4c(c3)C(CN)=NCC4=O)cnn2C)ccc2ncsc12. The summed E-state index contributed by atoms with van der Waals surface area (Å²) in [6, 6.07) is 9.54. The maximum atomic E-state index is 12.3. The number of carbonyl (C=O) groups is 1. The number of nitrogens with two attached hydrogens (primary N) is 1. The summed E-state index contributed by atoms with van der Waals surface area (Å²) in [5.74, 6) is -0.00824. The van der Waals surface area contributed by atoms with Crippen LogP contribution in [0, 0.1) is 6.57 Å². The summed E-state index contributed by atoms with van der Waals surface area (Å²) in [6.07, 6.45) is 1.78. The average Bonchev–Trinajstić information content (AvgIpc) is 3.39. The Kier molecular flexibility index (Phi) is 4.28. The molecule has 0 atom stereocenters. The van der Waals surface area contributed by atoms with Crippen LogP contribution in [-0.4, -0.2) is 39.3 Å². The molecule has 4 aromatic rings. The van der Waals surface area contributed by atoms with Gasteiger partial charge in [0.1, 0.15) is 6.54 Å². The molecule has 1 aliphatic heterocycles. The lowest BCUT2D eigenvalue weighted by Crippen LogP contribution is -2.24. The van der Waals surface area contributed by atoms with Crippen molar-refractivity contribution in [2.45, 2.75) is 0 Å². The summed E-state index contributed by atoms with van der Waals surface area (Å²) >= 11 is 1.46. The highest BCUT2D eigenvalue weighted by Gasteiger charge is 2.23. The van der Waals surface area contributed by atoms with Crippen molar-refractivity contribution in [1.82, 2.24) is 14.8 Å². The number of rotatable bonds is 3. The lowest BCUT2D eigenvalue weighted by molar-refractivity contribution is 0.1000. The second kappa shape index (κ2) is 6.99. The van der Waals surface area contributed by atoms with Crippen LogP contribution in [0.25, 0.3) is 37.4 Å². The van der Waals surface area contributed by atoms with Gasteiger partial charge in [-0.1, -0.05) is 18.2 Å². The van der Waals surface area contributed by atoms with Gasteiger partial charge in [-0.05, 0) is 17.7 Å². The molecule has 5 rings (SSSR count). The van der Waals surface area contributed by atoms with Crippen molar-refractivity contribution in [1.29, 1.82) is 0 Å². The van der Waals surface area contributed by atoms with Crippen LogP contribution < -0.4 is 5.73 Å². The Morgan fingerprint density at radius 1 is 1.20 bits per heavy atom. The van der Waals surface area contributed by atoms with Crippen molar-refractivity contribution in [2.75, 3.05) is 13.1 Å². The van der Waals surface area contributed by atoms with E-state index in [4.69, 9.17) is 12.3 Å². The average molecular weight is 412 g/mol. The summed E-state index contributed by atoms with van der Waals surface area (Å²) in [5.41, 5.74) is 14.6. The molecule has 146 valence electrons. The predicted octanol–water partition coefficient (Wildman–Crippen LogP) is 3.86. The number of nitrogens with zero attached hydrogens (tertiary/aromatic N) is 5. The Bertz CT molecular complexity index is 1410. The number of fused-ring (bicyclic) bond motifs is 2. The zero-order valence-electron chi connectivity index (χ0n) is 16.1. The molecular weight excluding hydrogens is 396 g/mol. The summed E-state index contributed by atoms with van der Waals surface area (Å²) in [6.45, 7) is 8.17. The van der Waals surface area contributed by atoms with Gasteiger partial charge in [0.25, 0.3) is 0 Å². The predicted molar refractivity (Wildman–Crippen MR) is 118 cm³/mol. The number of aromatic nitrogens is 3. The number of Topliss-reactive ketones (excluding diaryl/α,β-unsaturated/α-hetero) is 1. The molecule has 2 aromatic heterocycles. The molecular formula is C22H16N6OS. The van der Waals surface area contributed by atoms with Gasteiger partial charge in [0, 0.05) is 35.8 Å². The van der Waals surface area contributed by atoms with E-state index in [-0.39, 0.29) is 18.9 Å². The van der Waals surface area contributed by atoms with Gasteiger partial charge in [0.15, 0.2) is 5.78 Å². The molecule has 0 aliphatic carbocycles. The van der Waals surface area contributed by atoms with E-state index in [1.807, 2.05) is 37.4 Å². The van der Waals surface area contributed by atoms with Gasteiger partial charge in [0.05, 0.1) is 39.9 Å². The molecule has 3 heterocycles. The van der Waals surface area contributed by atoms with Gasteiger partial charge in [-0.15, -0.1) is 11.3 Å². The molecule has 2 N–H and O–H groups in total. The number of hydrogen-bond donors (Lipinski definition) is 1. The van der Waals surface area contributed by atoms with E-state index in [0.717, 1.165) is 43.9 Å². The number of hydrogen-bond acceptors (Lipinski definition) is 6. The molecule has 0 radical (unpaired) electrons. The molecule has 0 fully saturated rings. The minimum atomic E-state index is -0.00824. The Labute approximate surface area is 176 Å². The normalized spacial score (nSPS) is 13.2. The second-order valence-electron chi connectivity index (χ2n) is 6.96. The third kappa shape index (κ3) is 2.68. The van der Waals surface area contributed by atoms with E-state index in [1.54, 1.807) is 16.4 Å². The number of thiazole rings is 1. The van der Waals surface area contributed by atoms with Crippen molar-refractivity contribution < 1.29 is 4.79 Å². The highest BCUT2D eigenvalue weighted by molar-refractivity contribution is 7.17. The lowest BCUT2D eigenvalue weighted by atomic mass is 9.91. The van der Waals surface area contributed by atoms with Crippen LogP contribution in [0.1, 0.15) is 15.9 Å². The van der Waals surface area contributed by atoms with Crippen molar-refractivity contribution >= 4 is 38.7 Å². The van der Waals surface area contributed by atoms with Crippen LogP contribution in [0.3, 0.4) is 0 Å². The van der Waals surface area contributed by atoms with Gasteiger partial charge >= 0.3 is 0 Å². The Morgan fingerprint density at radius 3 is 2.83 bits per heavy atom. The minimum Gasteiger partial charge on any atom is -0.325 e. The standard InChI is InChI=1S/C22H16N6OS/c1-24-20-14(5-6-17-22(20)30-11-26-17)21-16(9-27-28(21)2)12-3-4-13-15(7-12)18(8-23)25-10-19(13)29/h3-7,9,11H,8,10,23H2,2H3. The molecule has 0 bridgehead atoms. The number of carbonyl (C=O) groups excluding carboxylic acids is 1. The van der Waals surface area contributed by atoms with Gasteiger partial charge in [-0.3, -0.25) is 14.5 Å². The number of aryl methyl sites for hydroxylation is 1. The fourth-order valence-corrected chi connectivity index (χ4v) is 4.67. The molecule has 0 amide bonds. The largest absolute Gasteiger partial charge is 0.325 e. The highest BCUT2D eigenvalue weighted by atomic mass is 32.1.